The minimum absolute atomic E-state index is 0.0104. The SMILES string of the molecule is CCCCOP(=O)(c1ccccc1)c1ccccc1O. The highest BCUT2D eigenvalue weighted by Gasteiger charge is 2.30. The Morgan fingerprint density at radius 3 is 2.35 bits per heavy atom. The highest BCUT2D eigenvalue weighted by molar-refractivity contribution is 7.74. The average molecular weight is 290 g/mol. The van der Waals surface area contributed by atoms with Crippen LogP contribution in [0.5, 0.6) is 5.75 Å². The predicted octanol–water partition coefficient (Wildman–Crippen LogP) is 3.44. The number of rotatable bonds is 6. The number of phenolic OH excluding ortho intramolecular Hbond substituents is 1. The first kappa shape index (κ1) is 14.8. The minimum Gasteiger partial charge on any atom is -0.507 e. The second-order valence-electron chi connectivity index (χ2n) is 4.56. The van der Waals surface area contributed by atoms with Gasteiger partial charge in [0, 0.05) is 5.30 Å². The van der Waals surface area contributed by atoms with Gasteiger partial charge in [-0.15, -0.1) is 0 Å². The zero-order valence-corrected chi connectivity index (χ0v) is 12.4. The van der Waals surface area contributed by atoms with Gasteiger partial charge in [-0.2, -0.15) is 0 Å². The minimum atomic E-state index is -3.24. The summed E-state index contributed by atoms with van der Waals surface area (Å²) in [4.78, 5) is 0. The molecular formula is C16H19O3P. The van der Waals surface area contributed by atoms with Crippen molar-refractivity contribution in [3.8, 4) is 5.75 Å². The second-order valence-corrected chi connectivity index (χ2v) is 6.92. The third-order valence-electron chi connectivity index (χ3n) is 3.07. The molecule has 0 aromatic heterocycles. The fourth-order valence-corrected chi connectivity index (χ4v) is 4.13. The number of para-hydroxylation sites is 1. The summed E-state index contributed by atoms with van der Waals surface area (Å²) in [6.07, 6.45) is 1.81. The number of benzene rings is 2. The van der Waals surface area contributed by atoms with Crippen LogP contribution in [0.25, 0.3) is 0 Å². The van der Waals surface area contributed by atoms with E-state index in [2.05, 4.69) is 6.92 Å². The lowest BCUT2D eigenvalue weighted by Crippen LogP contribution is -2.19. The van der Waals surface area contributed by atoms with Crippen LogP contribution in [0.3, 0.4) is 0 Å². The van der Waals surface area contributed by atoms with E-state index in [9.17, 15) is 9.67 Å². The van der Waals surface area contributed by atoms with Crippen molar-refractivity contribution in [1.82, 2.24) is 0 Å². The van der Waals surface area contributed by atoms with Crippen LogP contribution in [-0.4, -0.2) is 11.7 Å². The number of aromatic hydroxyl groups is 1. The molecule has 4 heteroatoms. The molecule has 0 amide bonds. The Balaban J connectivity index is 2.45. The molecule has 0 saturated carbocycles. The van der Waals surface area contributed by atoms with Gasteiger partial charge in [0.2, 0.25) is 0 Å². The van der Waals surface area contributed by atoms with Crippen molar-refractivity contribution in [3.05, 3.63) is 54.6 Å². The van der Waals surface area contributed by atoms with Crippen LogP contribution in [0.15, 0.2) is 54.6 Å². The molecule has 0 aliphatic carbocycles. The Labute approximate surface area is 119 Å². The van der Waals surface area contributed by atoms with E-state index >= 15 is 0 Å². The summed E-state index contributed by atoms with van der Waals surface area (Å²) in [6, 6.07) is 15.7. The molecule has 106 valence electrons. The monoisotopic (exact) mass is 290 g/mol. The molecule has 0 spiro atoms. The molecule has 2 aromatic carbocycles. The molecule has 3 nitrogen and oxygen atoms in total. The van der Waals surface area contributed by atoms with E-state index in [1.165, 1.54) is 6.07 Å². The van der Waals surface area contributed by atoms with Crippen LogP contribution in [0.1, 0.15) is 19.8 Å². The van der Waals surface area contributed by atoms with Gasteiger partial charge in [0.25, 0.3) is 7.37 Å². The molecule has 1 unspecified atom stereocenters. The van der Waals surface area contributed by atoms with Gasteiger partial charge in [-0.05, 0) is 30.7 Å². The molecule has 0 heterocycles. The predicted molar refractivity (Wildman–Crippen MR) is 82.3 cm³/mol. The van der Waals surface area contributed by atoms with Gasteiger partial charge in [0.1, 0.15) is 5.75 Å². The van der Waals surface area contributed by atoms with Crippen molar-refractivity contribution in [2.24, 2.45) is 0 Å². The number of phenols is 1. The Morgan fingerprint density at radius 1 is 1.05 bits per heavy atom. The Morgan fingerprint density at radius 2 is 1.70 bits per heavy atom. The number of hydrogen-bond donors (Lipinski definition) is 1. The van der Waals surface area contributed by atoms with Crippen LogP contribution >= 0.6 is 7.37 Å². The molecule has 0 fully saturated rings. The first-order valence-electron chi connectivity index (χ1n) is 6.77. The fourth-order valence-electron chi connectivity index (χ4n) is 1.96. The average Bonchev–Trinajstić information content (AvgIpc) is 2.49. The lowest BCUT2D eigenvalue weighted by molar-refractivity contribution is 0.318. The smallest absolute Gasteiger partial charge is 0.264 e. The largest absolute Gasteiger partial charge is 0.507 e. The van der Waals surface area contributed by atoms with Crippen molar-refractivity contribution in [3.63, 3.8) is 0 Å². The second kappa shape index (κ2) is 6.74. The van der Waals surface area contributed by atoms with Crippen molar-refractivity contribution < 1.29 is 14.2 Å². The van der Waals surface area contributed by atoms with Gasteiger partial charge in [0.05, 0.1) is 11.9 Å². The third kappa shape index (κ3) is 3.12. The van der Waals surface area contributed by atoms with Gasteiger partial charge in [-0.3, -0.25) is 4.57 Å². The van der Waals surface area contributed by atoms with Gasteiger partial charge < -0.3 is 9.63 Å². The van der Waals surface area contributed by atoms with Gasteiger partial charge in [-0.25, -0.2) is 0 Å². The summed E-state index contributed by atoms with van der Waals surface area (Å²) in [5.74, 6) is 0.0104. The Bertz CT molecular complexity index is 596. The molecule has 0 radical (unpaired) electrons. The molecule has 1 N–H and O–H groups in total. The maximum atomic E-state index is 13.3. The summed E-state index contributed by atoms with van der Waals surface area (Å²) in [5.41, 5.74) is 0. The van der Waals surface area contributed by atoms with Crippen LogP contribution in [0, 0.1) is 0 Å². The summed E-state index contributed by atoms with van der Waals surface area (Å²) in [6.45, 7) is 2.47. The number of unbranched alkanes of at least 4 members (excludes halogenated alkanes) is 1. The Hall–Kier alpha value is -1.57. The molecule has 0 aliphatic heterocycles. The molecule has 2 rings (SSSR count). The lowest BCUT2D eigenvalue weighted by atomic mass is 10.3. The molecule has 0 aliphatic rings. The maximum Gasteiger partial charge on any atom is 0.264 e. The van der Waals surface area contributed by atoms with Crippen molar-refractivity contribution >= 4 is 18.0 Å². The van der Waals surface area contributed by atoms with E-state index in [1.54, 1.807) is 30.3 Å². The first-order chi connectivity index (χ1) is 9.68. The van der Waals surface area contributed by atoms with Crippen molar-refractivity contribution in [1.29, 1.82) is 0 Å². The van der Waals surface area contributed by atoms with E-state index < -0.39 is 7.37 Å². The van der Waals surface area contributed by atoms with Crippen LogP contribution in [-0.2, 0) is 9.09 Å². The topological polar surface area (TPSA) is 46.5 Å². The first-order valence-corrected chi connectivity index (χ1v) is 8.39. The van der Waals surface area contributed by atoms with Crippen LogP contribution < -0.4 is 10.6 Å². The molecule has 20 heavy (non-hydrogen) atoms. The van der Waals surface area contributed by atoms with Gasteiger partial charge in [-0.1, -0.05) is 43.7 Å². The zero-order chi connectivity index (χ0) is 14.4. The summed E-state index contributed by atoms with van der Waals surface area (Å²) < 4.78 is 19.0. The normalized spacial score (nSPS) is 13.8. The van der Waals surface area contributed by atoms with Crippen molar-refractivity contribution in [2.45, 2.75) is 19.8 Å². The number of hydrogen-bond acceptors (Lipinski definition) is 3. The Kier molecular flexibility index (Phi) is 4.99. The molecule has 2 aromatic rings. The van der Waals surface area contributed by atoms with Gasteiger partial charge >= 0.3 is 0 Å². The lowest BCUT2D eigenvalue weighted by Gasteiger charge is -2.20. The highest BCUT2D eigenvalue weighted by Crippen LogP contribution is 2.46. The van der Waals surface area contributed by atoms with Gasteiger partial charge in [0.15, 0.2) is 0 Å². The third-order valence-corrected chi connectivity index (χ3v) is 5.60. The summed E-state index contributed by atoms with van der Waals surface area (Å²) >= 11 is 0. The maximum absolute atomic E-state index is 13.3. The van der Waals surface area contributed by atoms with E-state index in [1.807, 2.05) is 18.2 Å². The van der Waals surface area contributed by atoms with Crippen molar-refractivity contribution in [2.75, 3.05) is 6.61 Å². The molecular weight excluding hydrogens is 271 g/mol. The van der Waals surface area contributed by atoms with E-state index in [0.29, 0.717) is 17.2 Å². The zero-order valence-electron chi connectivity index (χ0n) is 11.5. The van der Waals surface area contributed by atoms with E-state index in [4.69, 9.17) is 4.52 Å². The summed E-state index contributed by atoms with van der Waals surface area (Å²) in [7, 11) is -3.24. The summed E-state index contributed by atoms with van der Waals surface area (Å²) in [5, 5.41) is 11.0. The molecule has 0 saturated heterocycles. The van der Waals surface area contributed by atoms with Crippen LogP contribution in [0.2, 0.25) is 0 Å². The molecule has 0 bridgehead atoms. The quantitative estimate of drug-likeness (QED) is 0.655. The van der Waals surface area contributed by atoms with E-state index in [0.717, 1.165) is 12.8 Å². The fraction of sp³-hybridized carbons (Fsp3) is 0.250. The standard InChI is InChI=1S/C16H19O3P/c1-2-3-13-19-20(18,14-9-5-4-6-10-14)16-12-8-7-11-15(16)17/h4-12,17H,2-3,13H2,1H3. The van der Waals surface area contributed by atoms with E-state index in [-0.39, 0.29) is 5.75 Å². The molecule has 1 atom stereocenters. The van der Waals surface area contributed by atoms with Crippen LogP contribution in [0.4, 0.5) is 0 Å². The highest BCUT2D eigenvalue weighted by atomic mass is 31.2.